The van der Waals surface area contributed by atoms with Gasteiger partial charge in [0.15, 0.2) is 0 Å². The minimum atomic E-state index is -4.35. The van der Waals surface area contributed by atoms with E-state index in [-0.39, 0.29) is 35.7 Å². The lowest BCUT2D eigenvalue weighted by Crippen LogP contribution is -2.14. The molecule has 0 unspecified atom stereocenters. The Labute approximate surface area is 187 Å². The Morgan fingerprint density at radius 1 is 1.09 bits per heavy atom. The maximum Gasteiger partial charge on any atom is 0.335 e. The maximum absolute atomic E-state index is 12.8. The molecule has 0 bridgehead atoms. The Morgan fingerprint density at radius 3 is 2.45 bits per heavy atom. The Morgan fingerprint density at radius 2 is 1.82 bits per heavy atom. The Hall–Kier alpha value is -4.45. The smallest absolute Gasteiger partial charge is 0.335 e. The van der Waals surface area contributed by atoms with Gasteiger partial charge in [0.1, 0.15) is 11.4 Å². The van der Waals surface area contributed by atoms with Gasteiger partial charge in [0.05, 0.1) is 21.1 Å². The minimum absolute atomic E-state index is 0.0593. The third kappa shape index (κ3) is 5.83. The molecule has 11 nitrogen and oxygen atoms in total. The lowest BCUT2D eigenvalue weighted by Gasteiger charge is -2.12. The van der Waals surface area contributed by atoms with Crippen molar-refractivity contribution in [3.05, 3.63) is 88.0 Å². The molecule has 0 amide bonds. The highest BCUT2D eigenvalue weighted by atomic mass is 32.2. The minimum Gasteiger partial charge on any atom is -0.478 e. The first-order valence-corrected chi connectivity index (χ1v) is 10.8. The molecule has 0 heterocycles. The molecule has 3 aromatic rings. The molecule has 0 aliphatic heterocycles. The highest BCUT2D eigenvalue weighted by molar-refractivity contribution is 7.92. The van der Waals surface area contributed by atoms with Crippen LogP contribution in [0.5, 0.6) is 5.75 Å². The van der Waals surface area contributed by atoms with Crippen molar-refractivity contribution in [2.45, 2.75) is 11.4 Å². The molecule has 3 aromatic carbocycles. The van der Waals surface area contributed by atoms with Gasteiger partial charge >= 0.3 is 5.97 Å². The van der Waals surface area contributed by atoms with Crippen molar-refractivity contribution in [2.75, 3.05) is 10.0 Å². The van der Waals surface area contributed by atoms with Crippen molar-refractivity contribution in [1.29, 1.82) is 0 Å². The number of nitro benzene ring substituents is 1. The molecular weight excluding hydrogens is 454 g/mol. The molecule has 0 spiro atoms. The van der Waals surface area contributed by atoms with Crippen LogP contribution in [-0.4, -0.2) is 30.9 Å². The number of benzene rings is 3. The fraction of sp³-hybridized carbons (Fsp3) is 0.0476. The number of hydrogen-bond donors (Lipinski definition) is 3. The van der Waals surface area contributed by atoms with Gasteiger partial charge in [-0.1, -0.05) is 30.3 Å². The summed E-state index contributed by atoms with van der Waals surface area (Å²) < 4.78 is 32.4. The highest BCUT2D eigenvalue weighted by Gasteiger charge is 2.22. The molecular formula is C21H17N3O8S. The quantitative estimate of drug-likeness (QED) is 0.229. The normalized spacial score (nSPS) is 10.8. The Balaban J connectivity index is 1.90. The Bertz CT molecular complexity index is 1310. The summed E-state index contributed by atoms with van der Waals surface area (Å²) in [6, 6.07) is 15.6. The third-order valence-electron chi connectivity index (χ3n) is 4.39. The number of hydrogen-bond acceptors (Lipinski definition) is 8. The number of carbonyl (C=O) groups is 2. The van der Waals surface area contributed by atoms with E-state index in [1.54, 1.807) is 0 Å². The fourth-order valence-electron chi connectivity index (χ4n) is 2.89. The van der Waals surface area contributed by atoms with Gasteiger partial charge in [0.2, 0.25) is 0 Å². The van der Waals surface area contributed by atoms with Gasteiger partial charge in [-0.2, -0.15) is 0 Å². The van der Waals surface area contributed by atoms with E-state index in [2.05, 4.69) is 14.8 Å². The zero-order valence-electron chi connectivity index (χ0n) is 16.8. The summed E-state index contributed by atoms with van der Waals surface area (Å²) in [6.07, 6.45) is 0. The van der Waals surface area contributed by atoms with Crippen LogP contribution in [0, 0.1) is 10.1 Å². The lowest BCUT2D eigenvalue weighted by molar-refractivity contribution is -0.384. The van der Waals surface area contributed by atoms with Gasteiger partial charge < -0.3 is 15.2 Å². The topological polar surface area (TPSA) is 165 Å². The lowest BCUT2D eigenvalue weighted by atomic mass is 10.2. The first kappa shape index (κ1) is 23.2. The van der Waals surface area contributed by atoms with Crippen LogP contribution in [0.25, 0.3) is 0 Å². The summed E-state index contributed by atoms with van der Waals surface area (Å²) in [7, 11) is -4.35. The number of nitrogens with zero attached hydrogens (tertiary/aromatic N) is 1. The molecule has 0 aromatic heterocycles. The highest BCUT2D eigenvalue weighted by Crippen LogP contribution is 2.30. The van der Waals surface area contributed by atoms with Crippen molar-refractivity contribution < 1.29 is 32.8 Å². The van der Waals surface area contributed by atoms with Crippen molar-refractivity contribution in [3.63, 3.8) is 0 Å². The van der Waals surface area contributed by atoms with Gasteiger partial charge in [-0.15, -0.1) is 0 Å². The fourth-order valence-corrected chi connectivity index (χ4v) is 3.95. The molecule has 0 saturated heterocycles. The molecule has 0 atom stereocenters. The van der Waals surface area contributed by atoms with Gasteiger partial charge in [-0.25, -0.2) is 13.2 Å². The van der Waals surface area contributed by atoms with E-state index in [0.29, 0.717) is 0 Å². The molecule has 0 saturated carbocycles. The summed E-state index contributed by atoms with van der Waals surface area (Å²) in [6.45, 7) is 0.345. The van der Waals surface area contributed by atoms with Crippen molar-refractivity contribution >= 4 is 39.5 Å². The van der Waals surface area contributed by atoms with Crippen LogP contribution in [0.4, 0.5) is 17.1 Å². The van der Waals surface area contributed by atoms with E-state index in [1.165, 1.54) is 12.1 Å². The number of anilines is 2. The summed E-state index contributed by atoms with van der Waals surface area (Å²) in [5.41, 5.74) is -0.00795. The molecule has 33 heavy (non-hydrogen) atoms. The SMILES string of the molecule is O=COc1cc(NS(=O)(=O)c2ccc(NCc3ccccc3)c([N+](=O)[O-])c2)cc(C(=O)O)c1. The van der Waals surface area contributed by atoms with Crippen LogP contribution in [-0.2, 0) is 21.4 Å². The van der Waals surface area contributed by atoms with Crippen LogP contribution >= 0.6 is 0 Å². The number of sulfonamides is 1. The molecule has 3 N–H and O–H groups in total. The number of ether oxygens (including phenoxy) is 1. The first-order chi connectivity index (χ1) is 15.7. The summed E-state index contributed by atoms with van der Waals surface area (Å²) >= 11 is 0. The zero-order chi connectivity index (χ0) is 24.0. The number of carboxylic acids is 1. The second-order valence-corrected chi connectivity index (χ2v) is 8.33. The summed E-state index contributed by atoms with van der Waals surface area (Å²) in [5.74, 6) is -1.58. The number of carboxylic acid groups (broad SMARTS) is 1. The number of rotatable bonds is 10. The molecule has 12 heteroatoms. The molecule has 170 valence electrons. The van der Waals surface area contributed by atoms with Crippen molar-refractivity contribution in [1.82, 2.24) is 0 Å². The predicted octanol–water partition coefficient (Wildman–Crippen LogP) is 3.24. The number of nitro groups is 1. The van der Waals surface area contributed by atoms with E-state index < -0.39 is 31.5 Å². The van der Waals surface area contributed by atoms with Crippen molar-refractivity contribution in [2.24, 2.45) is 0 Å². The zero-order valence-corrected chi connectivity index (χ0v) is 17.6. The van der Waals surface area contributed by atoms with E-state index in [0.717, 1.165) is 29.8 Å². The molecule has 3 rings (SSSR count). The molecule has 0 radical (unpaired) electrons. The van der Waals surface area contributed by atoms with E-state index in [9.17, 15) is 33.2 Å². The van der Waals surface area contributed by atoms with Crippen LogP contribution in [0.2, 0.25) is 0 Å². The average molecular weight is 471 g/mol. The number of aromatic carboxylic acids is 1. The van der Waals surface area contributed by atoms with E-state index >= 15 is 0 Å². The largest absolute Gasteiger partial charge is 0.478 e. The molecule has 0 fully saturated rings. The second kappa shape index (κ2) is 9.78. The van der Waals surface area contributed by atoms with Gasteiger partial charge in [0, 0.05) is 18.7 Å². The predicted molar refractivity (Wildman–Crippen MR) is 118 cm³/mol. The number of nitrogens with one attached hydrogen (secondary N) is 2. The summed E-state index contributed by atoms with van der Waals surface area (Å²) in [5, 5.41) is 23.6. The van der Waals surface area contributed by atoms with Crippen molar-refractivity contribution in [3.8, 4) is 5.75 Å². The van der Waals surface area contributed by atoms with E-state index in [4.69, 9.17) is 0 Å². The number of carbonyl (C=O) groups excluding carboxylic acids is 1. The van der Waals surface area contributed by atoms with Gasteiger partial charge in [-0.3, -0.25) is 19.6 Å². The summed E-state index contributed by atoms with van der Waals surface area (Å²) in [4.78, 5) is 32.2. The second-order valence-electron chi connectivity index (χ2n) is 6.65. The third-order valence-corrected chi connectivity index (χ3v) is 5.77. The van der Waals surface area contributed by atoms with Crippen LogP contribution in [0.1, 0.15) is 15.9 Å². The van der Waals surface area contributed by atoms with Gasteiger partial charge in [0.25, 0.3) is 22.2 Å². The van der Waals surface area contributed by atoms with Crippen LogP contribution < -0.4 is 14.8 Å². The van der Waals surface area contributed by atoms with Crippen LogP contribution in [0.15, 0.2) is 71.6 Å². The maximum atomic E-state index is 12.8. The standard InChI is InChI=1S/C21H17N3O8S/c25-13-32-17-9-15(21(26)27)8-16(10-17)23-33(30,31)18-6-7-19(20(11-18)24(28)29)22-12-14-4-2-1-3-5-14/h1-11,13,22-23H,12H2,(H,26,27). The van der Waals surface area contributed by atoms with E-state index in [1.807, 2.05) is 30.3 Å². The first-order valence-electron chi connectivity index (χ1n) is 9.27. The molecule has 0 aliphatic rings. The van der Waals surface area contributed by atoms with Gasteiger partial charge in [-0.05, 0) is 29.8 Å². The molecule has 0 aliphatic carbocycles. The Kier molecular flexibility index (Phi) is 6.88. The average Bonchev–Trinajstić information content (AvgIpc) is 2.78. The van der Waals surface area contributed by atoms with Crippen LogP contribution in [0.3, 0.4) is 0 Å². The monoisotopic (exact) mass is 471 g/mol.